The lowest BCUT2D eigenvalue weighted by atomic mass is 9.74. The van der Waals surface area contributed by atoms with Crippen molar-refractivity contribution in [3.63, 3.8) is 0 Å². The van der Waals surface area contributed by atoms with Gasteiger partial charge in [-0.25, -0.2) is 4.98 Å². The second-order valence-corrected chi connectivity index (χ2v) is 9.30. The maximum Gasteiger partial charge on any atom is 0.224 e. The van der Waals surface area contributed by atoms with Crippen LogP contribution in [0.4, 0.5) is 0 Å². The Labute approximate surface area is 161 Å². The fraction of sp³-hybridized carbons (Fsp3) is 0.800. The summed E-state index contributed by atoms with van der Waals surface area (Å²) in [6.45, 7) is 8.15. The van der Waals surface area contributed by atoms with Crippen LogP contribution in [0.15, 0.2) is 5.38 Å². The van der Waals surface area contributed by atoms with E-state index in [0.717, 1.165) is 71.1 Å². The van der Waals surface area contributed by atoms with Crippen LogP contribution in [0.5, 0.6) is 0 Å². The summed E-state index contributed by atoms with van der Waals surface area (Å²) >= 11 is 1.77. The maximum absolute atomic E-state index is 12.6. The van der Waals surface area contributed by atoms with Gasteiger partial charge in [-0.15, -0.1) is 11.3 Å². The van der Waals surface area contributed by atoms with Crippen LogP contribution in [-0.2, 0) is 17.8 Å². The SMILES string of the molecule is CCc1nc(CN2CCC(CNC(=O)C3CCCCC3(C)N)CC2)cs1. The molecule has 5 nitrogen and oxygen atoms in total. The molecule has 1 saturated heterocycles. The summed E-state index contributed by atoms with van der Waals surface area (Å²) < 4.78 is 0. The monoisotopic (exact) mass is 378 g/mol. The van der Waals surface area contributed by atoms with Crippen molar-refractivity contribution in [2.75, 3.05) is 19.6 Å². The first-order chi connectivity index (χ1) is 12.5. The Kier molecular flexibility index (Phi) is 6.70. The number of nitrogens with zero attached hydrogens (tertiary/aromatic N) is 2. The van der Waals surface area contributed by atoms with E-state index in [-0.39, 0.29) is 17.4 Å². The van der Waals surface area contributed by atoms with Crippen molar-refractivity contribution in [3.8, 4) is 0 Å². The number of aromatic nitrogens is 1. The van der Waals surface area contributed by atoms with E-state index in [4.69, 9.17) is 5.73 Å². The van der Waals surface area contributed by atoms with E-state index in [1.165, 1.54) is 10.7 Å². The molecular formula is C20H34N4OS. The van der Waals surface area contributed by atoms with Crippen molar-refractivity contribution in [2.24, 2.45) is 17.6 Å². The number of nitrogens with one attached hydrogen (secondary N) is 1. The van der Waals surface area contributed by atoms with Gasteiger partial charge in [0.15, 0.2) is 0 Å². The Morgan fingerprint density at radius 3 is 2.81 bits per heavy atom. The fourth-order valence-corrected chi connectivity index (χ4v) is 5.05. The first kappa shape index (κ1) is 19.8. The molecule has 1 aliphatic carbocycles. The molecular weight excluding hydrogens is 344 g/mol. The Balaban J connectivity index is 1.39. The van der Waals surface area contributed by atoms with Crippen LogP contribution in [0.3, 0.4) is 0 Å². The van der Waals surface area contributed by atoms with E-state index in [1.54, 1.807) is 11.3 Å². The highest BCUT2D eigenvalue weighted by molar-refractivity contribution is 7.09. The lowest BCUT2D eigenvalue weighted by molar-refractivity contribution is -0.128. The quantitative estimate of drug-likeness (QED) is 0.798. The Hall–Kier alpha value is -0.980. The van der Waals surface area contributed by atoms with Gasteiger partial charge in [-0.2, -0.15) is 0 Å². The van der Waals surface area contributed by atoms with Gasteiger partial charge in [-0.1, -0.05) is 19.8 Å². The van der Waals surface area contributed by atoms with Crippen molar-refractivity contribution < 1.29 is 4.79 Å². The maximum atomic E-state index is 12.6. The lowest BCUT2D eigenvalue weighted by Crippen LogP contribution is -2.53. The molecule has 6 heteroatoms. The molecule has 0 radical (unpaired) electrons. The van der Waals surface area contributed by atoms with Crippen LogP contribution in [0.25, 0.3) is 0 Å². The average Bonchev–Trinajstić information content (AvgIpc) is 3.08. The number of rotatable bonds is 6. The van der Waals surface area contributed by atoms with Crippen molar-refractivity contribution in [1.82, 2.24) is 15.2 Å². The van der Waals surface area contributed by atoms with Gasteiger partial charge in [-0.3, -0.25) is 9.69 Å². The van der Waals surface area contributed by atoms with Crippen LogP contribution in [0.2, 0.25) is 0 Å². The minimum absolute atomic E-state index is 0.0197. The summed E-state index contributed by atoms with van der Waals surface area (Å²) in [6.07, 6.45) is 7.48. The topological polar surface area (TPSA) is 71.2 Å². The molecule has 0 aromatic carbocycles. The number of thiazole rings is 1. The highest BCUT2D eigenvalue weighted by atomic mass is 32.1. The molecule has 2 heterocycles. The Bertz CT molecular complexity index is 592. The number of nitrogens with two attached hydrogens (primary N) is 1. The molecule has 0 bridgehead atoms. The molecule has 3 rings (SSSR count). The molecule has 26 heavy (non-hydrogen) atoms. The normalized spacial score (nSPS) is 28.2. The van der Waals surface area contributed by atoms with Gasteiger partial charge in [0.05, 0.1) is 16.6 Å². The number of amides is 1. The zero-order valence-electron chi connectivity index (χ0n) is 16.3. The molecule has 146 valence electrons. The van der Waals surface area contributed by atoms with Crippen LogP contribution in [-0.4, -0.2) is 41.0 Å². The van der Waals surface area contributed by atoms with Gasteiger partial charge in [0.25, 0.3) is 0 Å². The molecule has 0 spiro atoms. The molecule has 1 aliphatic heterocycles. The second kappa shape index (κ2) is 8.81. The van der Waals surface area contributed by atoms with E-state index < -0.39 is 0 Å². The summed E-state index contributed by atoms with van der Waals surface area (Å²) in [5, 5.41) is 6.63. The lowest BCUT2D eigenvalue weighted by Gasteiger charge is -2.38. The zero-order valence-corrected chi connectivity index (χ0v) is 17.1. The number of hydrogen-bond acceptors (Lipinski definition) is 5. The highest BCUT2D eigenvalue weighted by Crippen LogP contribution is 2.31. The van der Waals surface area contributed by atoms with Crippen LogP contribution in [0, 0.1) is 11.8 Å². The molecule has 3 N–H and O–H groups in total. The van der Waals surface area contributed by atoms with E-state index in [9.17, 15) is 4.79 Å². The second-order valence-electron chi connectivity index (χ2n) is 8.35. The first-order valence-electron chi connectivity index (χ1n) is 10.2. The summed E-state index contributed by atoms with van der Waals surface area (Å²) in [6, 6.07) is 0. The molecule has 2 atom stereocenters. The third kappa shape index (κ3) is 5.05. The van der Waals surface area contributed by atoms with Crippen molar-refractivity contribution >= 4 is 17.2 Å². The summed E-state index contributed by atoms with van der Waals surface area (Å²) in [5.41, 5.74) is 7.23. The molecule has 1 amide bonds. The zero-order chi connectivity index (χ0) is 18.6. The number of piperidine rings is 1. The van der Waals surface area contributed by atoms with Gasteiger partial charge < -0.3 is 11.1 Å². The minimum atomic E-state index is -0.337. The molecule has 1 aromatic heterocycles. The van der Waals surface area contributed by atoms with Crippen molar-refractivity contribution in [3.05, 3.63) is 16.1 Å². The average molecular weight is 379 g/mol. The molecule has 1 aromatic rings. The van der Waals surface area contributed by atoms with Crippen molar-refractivity contribution in [1.29, 1.82) is 0 Å². The van der Waals surface area contributed by atoms with Gasteiger partial charge in [0.2, 0.25) is 5.91 Å². The predicted molar refractivity (Wildman–Crippen MR) is 107 cm³/mol. The summed E-state index contributed by atoms with van der Waals surface area (Å²) in [7, 11) is 0. The standard InChI is InChI=1S/C20H34N4OS/c1-3-18-23-16(14-26-18)13-24-10-7-15(8-11-24)12-22-19(25)17-6-4-5-9-20(17,2)21/h14-15,17H,3-13,21H2,1-2H3,(H,22,25). The Morgan fingerprint density at radius 1 is 1.38 bits per heavy atom. The number of likely N-dealkylation sites (tertiary alicyclic amines) is 1. The predicted octanol–water partition coefficient (Wildman–Crippen LogP) is 2.94. The molecule has 1 saturated carbocycles. The van der Waals surface area contributed by atoms with Crippen LogP contribution in [0.1, 0.15) is 63.1 Å². The minimum Gasteiger partial charge on any atom is -0.356 e. The number of carbonyl (C=O) groups is 1. The number of aryl methyl sites for hydroxylation is 1. The van der Waals surface area contributed by atoms with E-state index in [1.807, 2.05) is 6.92 Å². The van der Waals surface area contributed by atoms with Crippen LogP contribution >= 0.6 is 11.3 Å². The van der Waals surface area contributed by atoms with E-state index in [2.05, 4.69) is 27.5 Å². The Morgan fingerprint density at radius 2 is 2.15 bits per heavy atom. The third-order valence-electron chi connectivity index (χ3n) is 6.13. The third-order valence-corrected chi connectivity index (χ3v) is 7.17. The molecule has 2 fully saturated rings. The number of hydrogen-bond donors (Lipinski definition) is 2. The summed E-state index contributed by atoms with van der Waals surface area (Å²) in [5.74, 6) is 0.741. The smallest absolute Gasteiger partial charge is 0.224 e. The molecule has 2 unspecified atom stereocenters. The van der Waals surface area contributed by atoms with E-state index >= 15 is 0 Å². The summed E-state index contributed by atoms with van der Waals surface area (Å²) in [4.78, 5) is 19.7. The van der Waals surface area contributed by atoms with Crippen LogP contribution < -0.4 is 11.1 Å². The van der Waals surface area contributed by atoms with E-state index in [0.29, 0.717) is 5.92 Å². The van der Waals surface area contributed by atoms with Gasteiger partial charge in [0.1, 0.15) is 0 Å². The van der Waals surface area contributed by atoms with Gasteiger partial charge in [0, 0.05) is 24.0 Å². The van der Waals surface area contributed by atoms with Gasteiger partial charge >= 0.3 is 0 Å². The van der Waals surface area contributed by atoms with Crippen molar-refractivity contribution in [2.45, 2.75) is 70.9 Å². The molecule has 2 aliphatic rings. The first-order valence-corrected chi connectivity index (χ1v) is 11.1. The number of carbonyl (C=O) groups excluding carboxylic acids is 1. The highest BCUT2D eigenvalue weighted by Gasteiger charge is 2.37. The largest absolute Gasteiger partial charge is 0.356 e. The fourth-order valence-electron chi connectivity index (χ4n) is 4.32. The van der Waals surface area contributed by atoms with Gasteiger partial charge in [-0.05, 0) is 58.0 Å².